The van der Waals surface area contributed by atoms with Crippen molar-refractivity contribution in [2.24, 2.45) is 12.8 Å². The number of nitrogens with one attached hydrogen (secondary N) is 1. The number of aryl methyl sites for hydroxylation is 1. The predicted octanol–water partition coefficient (Wildman–Crippen LogP) is 2.56. The molecule has 0 saturated heterocycles. The van der Waals surface area contributed by atoms with Crippen LogP contribution in [0.15, 0.2) is 30.3 Å². The molecule has 24 heavy (non-hydrogen) atoms. The average Bonchev–Trinajstić information content (AvgIpc) is 2.89. The van der Waals surface area contributed by atoms with Gasteiger partial charge in [-0.15, -0.1) is 0 Å². The lowest BCUT2D eigenvalue weighted by atomic mass is 9.92. The number of anilines is 1. The summed E-state index contributed by atoms with van der Waals surface area (Å²) < 4.78 is 1.58. The highest BCUT2D eigenvalue weighted by Gasteiger charge is 2.21. The van der Waals surface area contributed by atoms with E-state index in [4.69, 9.17) is 5.73 Å². The van der Waals surface area contributed by atoms with Gasteiger partial charge in [0.15, 0.2) is 0 Å². The highest BCUT2D eigenvalue weighted by atomic mass is 16.2. The zero-order valence-electron chi connectivity index (χ0n) is 14.8. The molecule has 1 aromatic carbocycles. The van der Waals surface area contributed by atoms with Crippen LogP contribution in [0.2, 0.25) is 0 Å². The summed E-state index contributed by atoms with van der Waals surface area (Å²) in [5, 5.41) is 7.25. The van der Waals surface area contributed by atoms with Crippen LogP contribution in [-0.4, -0.2) is 21.6 Å². The van der Waals surface area contributed by atoms with Crippen LogP contribution in [0.5, 0.6) is 0 Å². The van der Waals surface area contributed by atoms with Crippen LogP contribution in [0.3, 0.4) is 0 Å². The number of carbonyl (C=O) groups excluding carboxylic acids is 2. The molecule has 6 heteroatoms. The van der Waals surface area contributed by atoms with Gasteiger partial charge in [0.25, 0.3) is 5.91 Å². The monoisotopic (exact) mass is 328 g/mol. The van der Waals surface area contributed by atoms with Crippen molar-refractivity contribution in [2.75, 3.05) is 5.32 Å². The molecule has 0 aliphatic carbocycles. The number of aromatic nitrogens is 2. The summed E-state index contributed by atoms with van der Waals surface area (Å²) in [6.07, 6.45) is 0. The van der Waals surface area contributed by atoms with Crippen LogP contribution >= 0.6 is 0 Å². The SMILES string of the molecule is CC(C(N)=O)c1ccc(NC(=O)c2cc(C(C)(C)C)nn2C)cc1. The number of primary amides is 1. The summed E-state index contributed by atoms with van der Waals surface area (Å²) in [6, 6.07) is 8.89. The van der Waals surface area contributed by atoms with E-state index in [-0.39, 0.29) is 23.1 Å². The molecule has 1 aromatic heterocycles. The molecule has 0 saturated carbocycles. The summed E-state index contributed by atoms with van der Waals surface area (Å²) in [4.78, 5) is 23.7. The molecule has 0 aliphatic rings. The fourth-order valence-electron chi connectivity index (χ4n) is 2.26. The average molecular weight is 328 g/mol. The van der Waals surface area contributed by atoms with E-state index in [1.54, 1.807) is 49.0 Å². The van der Waals surface area contributed by atoms with Gasteiger partial charge in [-0.3, -0.25) is 14.3 Å². The molecule has 0 aliphatic heterocycles. The number of hydrogen-bond acceptors (Lipinski definition) is 3. The van der Waals surface area contributed by atoms with Gasteiger partial charge >= 0.3 is 0 Å². The van der Waals surface area contributed by atoms with E-state index < -0.39 is 0 Å². The fraction of sp³-hybridized carbons (Fsp3) is 0.389. The molecular formula is C18H24N4O2. The highest BCUT2D eigenvalue weighted by molar-refractivity contribution is 6.03. The molecule has 3 N–H and O–H groups in total. The smallest absolute Gasteiger partial charge is 0.273 e. The maximum Gasteiger partial charge on any atom is 0.273 e. The Balaban J connectivity index is 2.15. The van der Waals surface area contributed by atoms with Crippen molar-refractivity contribution in [1.82, 2.24) is 9.78 Å². The van der Waals surface area contributed by atoms with Crippen molar-refractivity contribution in [3.63, 3.8) is 0 Å². The van der Waals surface area contributed by atoms with Gasteiger partial charge < -0.3 is 11.1 Å². The number of hydrogen-bond donors (Lipinski definition) is 2. The number of rotatable bonds is 4. The Kier molecular flexibility index (Phi) is 4.78. The summed E-state index contributed by atoms with van der Waals surface area (Å²) in [7, 11) is 1.75. The second-order valence-electron chi connectivity index (χ2n) is 6.99. The third-order valence-corrected chi connectivity index (χ3v) is 3.98. The van der Waals surface area contributed by atoms with Crippen molar-refractivity contribution in [3.05, 3.63) is 47.3 Å². The molecule has 0 bridgehead atoms. The molecule has 1 atom stereocenters. The van der Waals surface area contributed by atoms with E-state index in [0.29, 0.717) is 11.4 Å². The van der Waals surface area contributed by atoms with Crippen LogP contribution in [0.1, 0.15) is 55.4 Å². The van der Waals surface area contributed by atoms with Gasteiger partial charge in [0.1, 0.15) is 5.69 Å². The molecule has 2 aromatic rings. The molecule has 1 unspecified atom stereocenters. The number of benzene rings is 1. The lowest BCUT2D eigenvalue weighted by Crippen LogP contribution is -2.19. The van der Waals surface area contributed by atoms with E-state index in [1.807, 2.05) is 0 Å². The van der Waals surface area contributed by atoms with E-state index in [0.717, 1.165) is 11.3 Å². The van der Waals surface area contributed by atoms with Crippen molar-refractivity contribution in [2.45, 2.75) is 39.0 Å². The van der Waals surface area contributed by atoms with E-state index >= 15 is 0 Å². The topological polar surface area (TPSA) is 90.0 Å². The second-order valence-corrected chi connectivity index (χ2v) is 6.99. The summed E-state index contributed by atoms with van der Waals surface area (Å²) in [5.41, 5.74) is 8.00. The summed E-state index contributed by atoms with van der Waals surface area (Å²) in [5.74, 6) is -0.964. The summed E-state index contributed by atoms with van der Waals surface area (Å²) >= 11 is 0. The summed E-state index contributed by atoms with van der Waals surface area (Å²) in [6.45, 7) is 7.90. The maximum absolute atomic E-state index is 12.5. The Labute approximate surface area is 142 Å². The van der Waals surface area contributed by atoms with Crippen LogP contribution < -0.4 is 11.1 Å². The standard InChI is InChI=1S/C18H24N4O2/c1-11(16(19)23)12-6-8-13(9-7-12)20-17(24)14-10-15(18(2,3)4)21-22(14)5/h6-11H,1-5H3,(H2,19,23)(H,20,24). The third-order valence-electron chi connectivity index (χ3n) is 3.98. The van der Waals surface area contributed by atoms with Gasteiger partial charge in [-0.2, -0.15) is 5.10 Å². The minimum absolute atomic E-state index is 0.122. The normalized spacial score (nSPS) is 12.7. The van der Waals surface area contributed by atoms with Gasteiger partial charge in [0.2, 0.25) is 5.91 Å². The second kappa shape index (κ2) is 6.47. The van der Waals surface area contributed by atoms with Gasteiger partial charge in [0.05, 0.1) is 11.6 Å². The molecule has 2 amide bonds. The quantitative estimate of drug-likeness (QED) is 0.904. The fourth-order valence-corrected chi connectivity index (χ4v) is 2.26. The van der Waals surface area contributed by atoms with E-state index in [1.165, 1.54) is 0 Å². The molecule has 0 radical (unpaired) electrons. The Morgan fingerprint density at radius 3 is 2.25 bits per heavy atom. The zero-order chi connectivity index (χ0) is 18.1. The largest absolute Gasteiger partial charge is 0.369 e. The predicted molar refractivity (Wildman–Crippen MR) is 93.9 cm³/mol. The Hall–Kier alpha value is -2.63. The zero-order valence-corrected chi connectivity index (χ0v) is 14.8. The van der Waals surface area contributed by atoms with Crippen molar-refractivity contribution >= 4 is 17.5 Å². The van der Waals surface area contributed by atoms with Crippen molar-refractivity contribution < 1.29 is 9.59 Å². The molecule has 6 nitrogen and oxygen atoms in total. The molecule has 2 rings (SSSR count). The Morgan fingerprint density at radius 2 is 1.79 bits per heavy atom. The maximum atomic E-state index is 12.5. The molecule has 128 valence electrons. The molecular weight excluding hydrogens is 304 g/mol. The van der Waals surface area contributed by atoms with Gasteiger partial charge in [-0.05, 0) is 30.7 Å². The first-order valence-corrected chi connectivity index (χ1v) is 7.84. The number of carbonyl (C=O) groups is 2. The van der Waals surface area contributed by atoms with Crippen molar-refractivity contribution in [3.8, 4) is 0 Å². The number of nitrogens with zero attached hydrogens (tertiary/aromatic N) is 2. The number of amides is 2. The number of nitrogens with two attached hydrogens (primary N) is 1. The third kappa shape index (κ3) is 3.82. The first kappa shape index (κ1) is 17.7. The van der Waals surface area contributed by atoms with Crippen LogP contribution in [0.25, 0.3) is 0 Å². The minimum Gasteiger partial charge on any atom is -0.369 e. The molecule has 1 heterocycles. The van der Waals surface area contributed by atoms with Crippen LogP contribution in [0.4, 0.5) is 5.69 Å². The van der Waals surface area contributed by atoms with Gasteiger partial charge in [0, 0.05) is 18.2 Å². The van der Waals surface area contributed by atoms with Crippen LogP contribution in [0, 0.1) is 0 Å². The van der Waals surface area contributed by atoms with E-state index in [2.05, 4.69) is 31.2 Å². The van der Waals surface area contributed by atoms with Crippen molar-refractivity contribution in [1.29, 1.82) is 0 Å². The Bertz CT molecular complexity index is 754. The van der Waals surface area contributed by atoms with E-state index in [9.17, 15) is 9.59 Å². The first-order chi connectivity index (χ1) is 11.1. The molecule has 0 fully saturated rings. The highest BCUT2D eigenvalue weighted by Crippen LogP contribution is 2.22. The molecule has 0 spiro atoms. The Morgan fingerprint density at radius 1 is 1.21 bits per heavy atom. The lowest BCUT2D eigenvalue weighted by molar-refractivity contribution is -0.119. The first-order valence-electron chi connectivity index (χ1n) is 7.84. The minimum atomic E-state index is -0.378. The van der Waals surface area contributed by atoms with Gasteiger partial charge in [-0.1, -0.05) is 32.9 Å². The van der Waals surface area contributed by atoms with Gasteiger partial charge in [-0.25, -0.2) is 0 Å². The van der Waals surface area contributed by atoms with Crippen LogP contribution in [-0.2, 0) is 17.3 Å². The lowest BCUT2D eigenvalue weighted by Gasteiger charge is -2.13.